The molecule has 0 unspecified atom stereocenters. The number of piperidine rings is 1. The topological polar surface area (TPSA) is 352 Å². The average Bonchev–Trinajstić information content (AvgIpc) is 1.58. The van der Waals surface area contributed by atoms with E-state index in [4.69, 9.17) is 48.7 Å². The standard InChI is InChI=1S/C54H55N7O7.C45H47N5O4.C10H11NO4/c1-66-53(64)58-47(32-20-23-68-24-21-32)51(62)60-22-6-9-46(60)44-29-42-41-18-15-36(26-37(41)16-19-43(42)56-44)33-10-11-35-27-38(13-12-34(35)25-33)45-30-55-50(57-45)49-39-14-17-40(28-39)61(49)52(63)48(59-54(65)67-2)31-7-4-3-5-8-31;1-53-45(52)49-42(27-14-17-54-18-15-27)44(51)50-16-2-3-41(50)39-24-37-35-12-10-31(22-33(35)11-13-38(37)47-39)28-6-7-30-23-34(9-8-29(30)21-28)40-25-46-43(48-40)36-20-26-4-5-32(36)19-26;1-15-10(14)11-8(9(12)13)7-5-3-2-4-6-7/h3-5,7-8,10-13,15-16,18-19,25-27,30,32,39-40,46-49H,6,9,14,17,20-24,28-29H2,1-2H3,(H,55,57)(H,58,64)(H,59,65);6-13,21-23,25-27,32,36,41-42H,2-5,14-20,24H2,1H3,(H,46,48)(H,49,52);2-6,8H,1H3,(H,11,14)(H,12,13)/t39-,40+,46-,47-,48+,49-;26-,32+,36+,41+,42+;8-/m011/s1. The van der Waals surface area contributed by atoms with Gasteiger partial charge in [0.2, 0.25) is 11.8 Å². The number of likely N-dealkylation sites (tertiary alicyclic amines) is 3. The van der Waals surface area contributed by atoms with E-state index in [2.05, 4.69) is 169 Å². The van der Waals surface area contributed by atoms with Crippen molar-refractivity contribution < 1.29 is 71.9 Å². The number of alkyl carbamates (subject to hydrolysis) is 4. The Hall–Kier alpha value is -14.1. The molecule has 5 saturated heterocycles. The summed E-state index contributed by atoms with van der Waals surface area (Å²) in [6.07, 6.45) is 17.3. The summed E-state index contributed by atoms with van der Waals surface area (Å²) in [5.74, 6) is 3.11. The van der Waals surface area contributed by atoms with E-state index >= 15 is 0 Å². The Balaban J connectivity index is 0.000000149. The van der Waals surface area contributed by atoms with Crippen LogP contribution in [0.3, 0.4) is 0 Å². The zero-order valence-corrected chi connectivity index (χ0v) is 77.3. The van der Waals surface area contributed by atoms with Crippen molar-refractivity contribution in [3.63, 3.8) is 0 Å². The maximum absolute atomic E-state index is 14.4. The minimum Gasteiger partial charge on any atom is -0.479 e. The van der Waals surface area contributed by atoms with E-state index in [0.29, 0.717) is 82.2 Å². The van der Waals surface area contributed by atoms with Crippen molar-refractivity contribution >= 4 is 114 Å². The number of aromatic nitrogens is 4. The molecule has 0 spiro atoms. The molecule has 9 heterocycles. The van der Waals surface area contributed by atoms with Gasteiger partial charge in [-0.25, -0.2) is 33.9 Å². The molecule has 7 N–H and O–H groups in total. The third kappa shape index (κ3) is 18.7. The number of ether oxygens (including phenoxy) is 6. The first-order valence-electron chi connectivity index (χ1n) is 48.1. The van der Waals surface area contributed by atoms with Gasteiger partial charge in [0.15, 0.2) is 6.04 Å². The first-order chi connectivity index (χ1) is 66.9. The molecule has 10 aromatic carbocycles. The maximum atomic E-state index is 14.4. The number of nitrogens with zero attached hydrogens (tertiary/aromatic N) is 7. The number of benzene rings is 10. The van der Waals surface area contributed by atoms with Gasteiger partial charge in [0.25, 0.3) is 5.91 Å². The lowest BCUT2D eigenvalue weighted by Crippen LogP contribution is -2.55. The number of methoxy groups -OCH3 is 4. The number of hydrogen-bond acceptors (Lipinski definition) is 18. The third-order valence-electron chi connectivity index (χ3n) is 30.2. The van der Waals surface area contributed by atoms with Crippen LogP contribution in [-0.2, 0) is 60.4 Å². The van der Waals surface area contributed by atoms with E-state index in [0.717, 1.165) is 148 Å². The smallest absolute Gasteiger partial charge is 0.407 e. The van der Waals surface area contributed by atoms with Gasteiger partial charge in [-0.05, 0) is 256 Å². The van der Waals surface area contributed by atoms with Crippen LogP contribution in [0.15, 0.2) is 217 Å². The Morgan fingerprint density at radius 3 is 1.29 bits per heavy atom. The normalized spacial score (nSPS) is 21.7. The third-order valence-corrected chi connectivity index (χ3v) is 30.2. The SMILES string of the molecule is COC(=O)N[C@@H](C(=O)O)c1ccccc1.COC(=O)N[C@H](C(=O)N1CCC[C@H]1C1=Nc2ccc3cc(-c4ccc5cc(-c6cnc([C@@H]7[C@H]8CC[C@H](C8)N7C(=O)[C@H](NC(=O)OC)c7ccccc7)[nH]6)ccc5c4)ccc3c2C1)C1CCOCC1.COC(=O)N[C@H](C(=O)N1CCC[C@H]1C1=Nc2ccc3cc(-c4ccc5cc(-c6cnc([C@H]7C[C@@H]8CC[C@H]7C8)[nH]6)ccc5c4)ccc3c2C1)C1CCOCC1. The van der Waals surface area contributed by atoms with E-state index in [-0.39, 0.29) is 59.6 Å². The number of H-pyrrole nitrogens is 2. The van der Waals surface area contributed by atoms with Gasteiger partial charge in [0, 0.05) is 86.9 Å². The summed E-state index contributed by atoms with van der Waals surface area (Å²) in [4.78, 5) is 135. The molecule has 12 aromatic rings. The van der Waals surface area contributed by atoms with Gasteiger partial charge in [0.1, 0.15) is 29.8 Å². The number of carbonyl (C=O) groups excluding carboxylic acids is 7. The highest BCUT2D eigenvalue weighted by atomic mass is 16.6. The number of carboxylic acids is 1. The number of carboxylic acid groups (broad SMARTS) is 1. The summed E-state index contributed by atoms with van der Waals surface area (Å²) in [7, 11) is 5.15. The van der Waals surface area contributed by atoms with E-state index in [1.54, 1.807) is 30.3 Å². The molecule has 137 heavy (non-hydrogen) atoms. The maximum Gasteiger partial charge on any atom is 0.407 e. The summed E-state index contributed by atoms with van der Waals surface area (Å²) in [6.45, 7) is 3.60. The van der Waals surface area contributed by atoms with E-state index in [9.17, 15) is 38.4 Å². The first kappa shape index (κ1) is 90.7. The molecule has 10 aliphatic rings. The Labute approximate surface area is 793 Å². The molecule has 12 atom stereocenters. The zero-order chi connectivity index (χ0) is 94.1. The number of imidazole rings is 2. The number of amides is 7. The summed E-state index contributed by atoms with van der Waals surface area (Å²) in [5.41, 5.74) is 16.3. The zero-order valence-electron chi connectivity index (χ0n) is 77.3. The molecule has 7 aliphatic heterocycles. The van der Waals surface area contributed by atoms with E-state index < -0.39 is 54.5 Å². The molecule has 8 fully saturated rings. The monoisotopic (exact) mass is 1840 g/mol. The Kier molecular flexibility index (Phi) is 26.3. The highest BCUT2D eigenvalue weighted by Gasteiger charge is 2.52. The van der Waals surface area contributed by atoms with Crippen LogP contribution in [0, 0.1) is 29.6 Å². The van der Waals surface area contributed by atoms with Crippen molar-refractivity contribution in [1.29, 1.82) is 0 Å². The van der Waals surface area contributed by atoms with E-state index in [1.165, 1.54) is 109 Å². The fourth-order valence-corrected chi connectivity index (χ4v) is 23.3. The van der Waals surface area contributed by atoms with Gasteiger partial charge in [-0.2, -0.15) is 0 Å². The van der Waals surface area contributed by atoms with Gasteiger partial charge >= 0.3 is 30.3 Å². The van der Waals surface area contributed by atoms with Gasteiger partial charge in [-0.3, -0.25) is 24.4 Å². The van der Waals surface area contributed by atoms with Crippen molar-refractivity contribution in [3.8, 4) is 44.8 Å². The van der Waals surface area contributed by atoms with Gasteiger partial charge in [0.05, 0.1) is 81.7 Å². The molecular formula is C109H113N13O15. The predicted molar refractivity (Wildman–Crippen MR) is 522 cm³/mol. The number of aliphatic carboxylic acids is 1. The van der Waals surface area contributed by atoms with Crippen molar-refractivity contribution in [2.75, 3.05) is 68.0 Å². The largest absolute Gasteiger partial charge is 0.479 e. The van der Waals surface area contributed by atoms with Crippen LogP contribution in [-0.4, -0.2) is 197 Å². The van der Waals surface area contributed by atoms with Gasteiger partial charge in [-0.1, -0.05) is 152 Å². The van der Waals surface area contributed by atoms with Crippen LogP contribution < -0.4 is 21.3 Å². The quantitative estimate of drug-likeness (QED) is 0.0349. The van der Waals surface area contributed by atoms with Crippen LogP contribution in [0.2, 0.25) is 0 Å². The van der Waals surface area contributed by atoms with Crippen molar-refractivity contribution in [3.05, 3.63) is 240 Å². The number of aromatic amines is 2. The Bertz CT molecular complexity index is 6680. The predicted octanol–water partition coefficient (Wildman–Crippen LogP) is 18.9. The molecule has 22 rings (SSSR count). The molecule has 28 nitrogen and oxygen atoms in total. The lowest BCUT2D eigenvalue weighted by atomic mass is 9.88. The van der Waals surface area contributed by atoms with Gasteiger partial charge < -0.3 is 79.5 Å². The van der Waals surface area contributed by atoms with Crippen LogP contribution in [0.5, 0.6) is 0 Å². The number of fused-ring (bicyclic) bond motifs is 12. The lowest BCUT2D eigenvalue weighted by Gasteiger charge is -2.36. The highest BCUT2D eigenvalue weighted by molar-refractivity contribution is 6.08. The Morgan fingerprint density at radius 2 is 0.832 bits per heavy atom. The first-order valence-corrected chi connectivity index (χ1v) is 48.1. The molecule has 4 bridgehead atoms. The molecule has 3 aliphatic carbocycles. The van der Waals surface area contributed by atoms with Crippen molar-refractivity contribution in [1.82, 2.24) is 55.9 Å². The molecule has 7 amide bonds. The molecule has 704 valence electrons. The molecule has 0 radical (unpaired) electrons. The number of rotatable bonds is 20. The van der Waals surface area contributed by atoms with Crippen molar-refractivity contribution in [2.45, 2.75) is 163 Å². The number of carbonyl (C=O) groups is 8. The van der Waals surface area contributed by atoms with Crippen LogP contribution in [0.25, 0.3) is 87.9 Å². The summed E-state index contributed by atoms with van der Waals surface area (Å²) < 4.78 is 30.2. The second kappa shape index (κ2) is 39.7. The molecule has 28 heteroatoms. The summed E-state index contributed by atoms with van der Waals surface area (Å²) in [5, 5.41) is 29.0. The lowest BCUT2D eigenvalue weighted by molar-refractivity contribution is -0.140. The minimum atomic E-state index is -1.13. The van der Waals surface area contributed by atoms with Crippen molar-refractivity contribution in [2.24, 2.45) is 39.6 Å². The number of hydrogen-bond donors (Lipinski definition) is 7. The van der Waals surface area contributed by atoms with Crippen LogP contribution in [0.1, 0.15) is 154 Å². The fraction of sp³-hybridized carbons (Fsp3) is 0.376. The highest BCUT2D eigenvalue weighted by Crippen LogP contribution is 2.54. The number of nitrogens with one attached hydrogen (secondary N) is 6. The molecule has 3 saturated carbocycles. The Morgan fingerprint density at radius 1 is 0.416 bits per heavy atom. The summed E-state index contributed by atoms with van der Waals surface area (Å²) >= 11 is 0. The summed E-state index contributed by atoms with van der Waals surface area (Å²) in [6, 6.07) is 62.4. The molecular weight excluding hydrogens is 1730 g/mol. The second-order valence-corrected chi connectivity index (χ2v) is 38.0. The fourth-order valence-electron chi connectivity index (χ4n) is 23.3. The number of aliphatic imine (C=N–C) groups is 2. The minimum absolute atomic E-state index is 0.0130. The van der Waals surface area contributed by atoms with Gasteiger partial charge in [-0.15, -0.1) is 0 Å². The van der Waals surface area contributed by atoms with Crippen LogP contribution >= 0.6 is 0 Å². The molecule has 2 aromatic heterocycles. The van der Waals surface area contributed by atoms with Crippen LogP contribution in [0.4, 0.5) is 30.6 Å². The van der Waals surface area contributed by atoms with E-state index in [1.807, 2.05) is 57.4 Å². The average molecular weight is 1850 g/mol. The second-order valence-electron chi connectivity index (χ2n) is 38.0.